The molecule has 2 rings (SSSR count). The Balaban J connectivity index is 2.51. The second-order valence-corrected chi connectivity index (χ2v) is 6.18. The lowest BCUT2D eigenvalue weighted by molar-refractivity contribution is -0.122. The van der Waals surface area contributed by atoms with E-state index in [0.717, 1.165) is 22.3 Å². The Morgan fingerprint density at radius 1 is 0.750 bits per heavy atom. The molecule has 2 aromatic carbocycles. The predicted molar refractivity (Wildman–Crippen MR) is 95.5 cm³/mol. The molecule has 4 heteroatoms. The number of amides is 2. The number of benzene rings is 2. The zero-order valence-electron chi connectivity index (χ0n) is 14.6. The molecule has 2 aromatic rings. The highest BCUT2D eigenvalue weighted by molar-refractivity contribution is 5.75. The zero-order chi connectivity index (χ0) is 17.7. The second-order valence-electron chi connectivity index (χ2n) is 6.18. The molecule has 2 N–H and O–H groups in total. The van der Waals surface area contributed by atoms with Crippen LogP contribution in [-0.2, 0) is 9.59 Å². The van der Waals surface area contributed by atoms with E-state index in [4.69, 9.17) is 0 Å². The molecule has 126 valence electrons. The third-order valence-electron chi connectivity index (χ3n) is 3.85. The van der Waals surface area contributed by atoms with E-state index >= 15 is 0 Å². The number of rotatable bonds is 5. The summed E-state index contributed by atoms with van der Waals surface area (Å²) in [5.74, 6) is -0.269. The molecule has 0 heterocycles. The Bertz CT molecular complexity index is 676. The quantitative estimate of drug-likeness (QED) is 0.886. The van der Waals surface area contributed by atoms with Crippen molar-refractivity contribution < 1.29 is 9.59 Å². The Hall–Kier alpha value is -2.62. The van der Waals surface area contributed by atoms with Crippen LogP contribution in [0.25, 0.3) is 0 Å². The molecular formula is C20H24N2O2. The van der Waals surface area contributed by atoms with E-state index in [9.17, 15) is 9.59 Å². The number of carbonyl (C=O) groups excluding carboxylic acids is 2. The number of aryl methyl sites for hydroxylation is 2. The summed E-state index contributed by atoms with van der Waals surface area (Å²) in [6.45, 7) is 7.00. The molecule has 0 radical (unpaired) electrons. The minimum atomic E-state index is -0.340. The van der Waals surface area contributed by atoms with Crippen molar-refractivity contribution in [3.8, 4) is 0 Å². The van der Waals surface area contributed by atoms with Crippen LogP contribution in [0.15, 0.2) is 48.5 Å². The minimum Gasteiger partial charge on any atom is -0.347 e. The van der Waals surface area contributed by atoms with E-state index in [1.165, 1.54) is 13.8 Å². The molecule has 0 spiro atoms. The highest BCUT2D eigenvalue weighted by atomic mass is 16.2. The van der Waals surface area contributed by atoms with E-state index < -0.39 is 0 Å². The molecule has 0 bridgehead atoms. The molecule has 0 saturated heterocycles. The standard InChI is InChI=1S/C20H24N2O2/c1-13-7-5-9-17(11-13)19(21-15(3)23)20(22-16(4)24)18-10-6-8-14(2)12-18/h5-12,19-20H,1-4H3,(H,21,23)(H,22,24)/t19-,20+. The largest absolute Gasteiger partial charge is 0.347 e. The molecule has 0 aliphatic heterocycles. The molecule has 2 amide bonds. The molecule has 0 aliphatic rings. The fourth-order valence-corrected chi connectivity index (χ4v) is 2.88. The van der Waals surface area contributed by atoms with E-state index in [0.29, 0.717) is 0 Å². The summed E-state index contributed by atoms with van der Waals surface area (Å²) < 4.78 is 0. The monoisotopic (exact) mass is 324 g/mol. The van der Waals surface area contributed by atoms with Crippen LogP contribution >= 0.6 is 0 Å². The van der Waals surface area contributed by atoms with E-state index in [2.05, 4.69) is 10.6 Å². The molecule has 2 atom stereocenters. The molecular weight excluding hydrogens is 300 g/mol. The van der Waals surface area contributed by atoms with Crippen LogP contribution in [-0.4, -0.2) is 11.8 Å². The van der Waals surface area contributed by atoms with E-state index in [-0.39, 0.29) is 23.9 Å². The van der Waals surface area contributed by atoms with Gasteiger partial charge in [-0.05, 0) is 25.0 Å². The smallest absolute Gasteiger partial charge is 0.217 e. The minimum absolute atomic E-state index is 0.135. The van der Waals surface area contributed by atoms with Gasteiger partial charge in [0.1, 0.15) is 0 Å². The predicted octanol–water partition coefficient (Wildman–Crippen LogP) is 3.36. The fraction of sp³-hybridized carbons (Fsp3) is 0.300. The Labute approximate surface area is 143 Å². The Morgan fingerprint density at radius 3 is 1.42 bits per heavy atom. The van der Waals surface area contributed by atoms with Crippen molar-refractivity contribution in [3.63, 3.8) is 0 Å². The van der Waals surface area contributed by atoms with Gasteiger partial charge in [0, 0.05) is 13.8 Å². The van der Waals surface area contributed by atoms with Gasteiger partial charge in [0.2, 0.25) is 11.8 Å². The van der Waals surface area contributed by atoms with Crippen molar-refractivity contribution in [3.05, 3.63) is 70.8 Å². The van der Waals surface area contributed by atoms with Crippen molar-refractivity contribution in [2.24, 2.45) is 0 Å². The number of hydrogen-bond donors (Lipinski definition) is 2. The highest BCUT2D eigenvalue weighted by Crippen LogP contribution is 2.30. The van der Waals surface area contributed by atoms with Gasteiger partial charge in [-0.25, -0.2) is 0 Å². The number of carbonyl (C=O) groups is 2. The van der Waals surface area contributed by atoms with Crippen molar-refractivity contribution in [2.45, 2.75) is 39.8 Å². The maximum Gasteiger partial charge on any atom is 0.217 e. The third kappa shape index (κ3) is 4.69. The average Bonchev–Trinajstić information content (AvgIpc) is 2.50. The molecule has 0 aliphatic carbocycles. The van der Waals surface area contributed by atoms with Gasteiger partial charge in [-0.2, -0.15) is 0 Å². The van der Waals surface area contributed by atoms with Crippen LogP contribution in [0.3, 0.4) is 0 Å². The topological polar surface area (TPSA) is 58.2 Å². The maximum atomic E-state index is 11.8. The van der Waals surface area contributed by atoms with Gasteiger partial charge in [0.05, 0.1) is 12.1 Å². The van der Waals surface area contributed by atoms with Gasteiger partial charge in [-0.3, -0.25) is 9.59 Å². The first-order valence-electron chi connectivity index (χ1n) is 8.04. The lowest BCUT2D eigenvalue weighted by Crippen LogP contribution is -2.39. The van der Waals surface area contributed by atoms with Crippen LogP contribution in [0.2, 0.25) is 0 Å². The Kier molecular flexibility index (Phi) is 5.74. The first-order valence-corrected chi connectivity index (χ1v) is 8.04. The van der Waals surface area contributed by atoms with Crippen LogP contribution in [0.1, 0.15) is 48.2 Å². The van der Waals surface area contributed by atoms with Crippen molar-refractivity contribution in [1.82, 2.24) is 10.6 Å². The van der Waals surface area contributed by atoms with Crippen LogP contribution in [0.5, 0.6) is 0 Å². The molecule has 0 aromatic heterocycles. The van der Waals surface area contributed by atoms with Gasteiger partial charge in [0.15, 0.2) is 0 Å². The highest BCUT2D eigenvalue weighted by Gasteiger charge is 2.26. The van der Waals surface area contributed by atoms with Gasteiger partial charge in [-0.1, -0.05) is 59.7 Å². The Morgan fingerprint density at radius 2 is 1.12 bits per heavy atom. The number of nitrogens with one attached hydrogen (secondary N) is 2. The van der Waals surface area contributed by atoms with Gasteiger partial charge in [-0.15, -0.1) is 0 Å². The van der Waals surface area contributed by atoms with Gasteiger partial charge < -0.3 is 10.6 Å². The van der Waals surface area contributed by atoms with Gasteiger partial charge in [0.25, 0.3) is 0 Å². The van der Waals surface area contributed by atoms with Crippen molar-refractivity contribution >= 4 is 11.8 Å². The third-order valence-corrected chi connectivity index (χ3v) is 3.85. The molecule has 24 heavy (non-hydrogen) atoms. The van der Waals surface area contributed by atoms with Crippen LogP contribution in [0.4, 0.5) is 0 Å². The summed E-state index contributed by atoms with van der Waals surface area (Å²) in [5, 5.41) is 5.99. The SMILES string of the molecule is CC(=O)N[C@H](c1cccc(C)c1)[C@@H](NC(C)=O)c1cccc(C)c1. The fourth-order valence-electron chi connectivity index (χ4n) is 2.88. The summed E-state index contributed by atoms with van der Waals surface area (Å²) in [4.78, 5) is 23.6. The molecule has 0 fully saturated rings. The molecule has 4 nitrogen and oxygen atoms in total. The summed E-state index contributed by atoms with van der Waals surface area (Å²) in [6, 6.07) is 15.3. The lowest BCUT2D eigenvalue weighted by Gasteiger charge is -2.29. The first-order chi connectivity index (χ1) is 11.4. The average molecular weight is 324 g/mol. The first kappa shape index (κ1) is 17.7. The van der Waals surface area contributed by atoms with Crippen molar-refractivity contribution in [2.75, 3.05) is 0 Å². The summed E-state index contributed by atoms with van der Waals surface area (Å²) >= 11 is 0. The van der Waals surface area contributed by atoms with Crippen LogP contribution in [0, 0.1) is 13.8 Å². The molecule has 0 saturated carbocycles. The maximum absolute atomic E-state index is 11.8. The summed E-state index contributed by atoms with van der Waals surface area (Å²) in [6.07, 6.45) is 0. The van der Waals surface area contributed by atoms with E-state index in [1.807, 2.05) is 62.4 Å². The second kappa shape index (κ2) is 7.77. The lowest BCUT2D eigenvalue weighted by atomic mass is 9.91. The van der Waals surface area contributed by atoms with E-state index in [1.54, 1.807) is 0 Å². The zero-order valence-corrected chi connectivity index (χ0v) is 14.6. The van der Waals surface area contributed by atoms with Crippen molar-refractivity contribution in [1.29, 1.82) is 0 Å². The summed E-state index contributed by atoms with van der Waals surface area (Å²) in [7, 11) is 0. The normalized spacial score (nSPS) is 13.0. The number of hydrogen-bond acceptors (Lipinski definition) is 2. The van der Waals surface area contributed by atoms with Gasteiger partial charge >= 0.3 is 0 Å². The van der Waals surface area contributed by atoms with Crippen LogP contribution < -0.4 is 10.6 Å². The summed E-state index contributed by atoms with van der Waals surface area (Å²) in [5.41, 5.74) is 4.14. The molecule has 0 unspecified atom stereocenters.